The number of rotatable bonds is 1. The van der Waals surface area contributed by atoms with Crippen molar-refractivity contribution in [1.82, 2.24) is 0 Å². The predicted octanol–water partition coefficient (Wildman–Crippen LogP) is 2.88. The molecule has 1 unspecified atom stereocenters. The first kappa shape index (κ1) is 11.9. The Balaban J connectivity index is 2.34. The number of nitrogens with zero attached hydrogens (tertiary/aromatic N) is 1. The fraction of sp³-hybridized carbons (Fsp3) is 0.364. The molecule has 2 rings (SSSR count). The van der Waals surface area contributed by atoms with Gasteiger partial charge >= 0.3 is 6.18 Å². The maximum Gasteiger partial charge on any atom is 0.409 e. The molecule has 0 bridgehead atoms. The number of halogens is 4. The average molecular weight is 247 g/mol. The first-order chi connectivity index (χ1) is 7.89. The third-order valence-electron chi connectivity index (χ3n) is 2.69. The van der Waals surface area contributed by atoms with Gasteiger partial charge in [0.1, 0.15) is 11.9 Å². The van der Waals surface area contributed by atoms with E-state index in [0.717, 1.165) is 12.1 Å². The van der Waals surface area contributed by atoms with Crippen LogP contribution in [0.25, 0.3) is 0 Å². The molecule has 1 aromatic carbocycles. The highest BCUT2D eigenvalue weighted by atomic mass is 19.4. The van der Waals surface area contributed by atoms with E-state index >= 15 is 0 Å². The molecule has 1 saturated heterocycles. The zero-order valence-corrected chi connectivity index (χ0v) is 8.67. The minimum Gasteiger partial charge on any atom is -0.300 e. The van der Waals surface area contributed by atoms with Gasteiger partial charge in [-0.15, -0.1) is 0 Å². The number of carbonyl (C=O) groups is 1. The molecule has 1 aromatic rings. The van der Waals surface area contributed by atoms with E-state index in [4.69, 9.17) is 0 Å². The second-order valence-corrected chi connectivity index (χ2v) is 3.84. The molecule has 6 heteroatoms. The fourth-order valence-corrected chi connectivity index (χ4v) is 1.92. The van der Waals surface area contributed by atoms with Crippen LogP contribution in [0.4, 0.5) is 23.2 Å². The summed E-state index contributed by atoms with van der Waals surface area (Å²) >= 11 is 0. The van der Waals surface area contributed by atoms with Crippen LogP contribution in [-0.2, 0) is 4.79 Å². The zero-order chi connectivity index (χ0) is 12.6. The molecule has 1 aliphatic heterocycles. The summed E-state index contributed by atoms with van der Waals surface area (Å²) in [5, 5.41) is 0. The Labute approximate surface area is 94.8 Å². The number of benzene rings is 1. The van der Waals surface area contributed by atoms with Gasteiger partial charge in [0.25, 0.3) is 0 Å². The van der Waals surface area contributed by atoms with E-state index in [2.05, 4.69) is 0 Å². The van der Waals surface area contributed by atoms with Crippen LogP contribution < -0.4 is 4.90 Å². The van der Waals surface area contributed by atoms with Gasteiger partial charge in [-0.3, -0.25) is 4.79 Å². The summed E-state index contributed by atoms with van der Waals surface area (Å²) in [7, 11) is 0. The van der Waals surface area contributed by atoms with E-state index in [1.165, 1.54) is 12.1 Å². The van der Waals surface area contributed by atoms with Crippen molar-refractivity contribution in [1.29, 1.82) is 0 Å². The second-order valence-electron chi connectivity index (χ2n) is 3.84. The van der Waals surface area contributed by atoms with Gasteiger partial charge in [0.2, 0.25) is 5.91 Å². The van der Waals surface area contributed by atoms with Gasteiger partial charge in [-0.1, -0.05) is 0 Å². The van der Waals surface area contributed by atoms with Crippen molar-refractivity contribution < 1.29 is 22.4 Å². The predicted molar refractivity (Wildman–Crippen MR) is 53.0 cm³/mol. The number of amides is 1. The van der Waals surface area contributed by atoms with E-state index in [1.807, 2.05) is 0 Å². The van der Waals surface area contributed by atoms with Crippen LogP contribution in [0.3, 0.4) is 0 Å². The smallest absolute Gasteiger partial charge is 0.300 e. The molecular weight excluding hydrogens is 238 g/mol. The topological polar surface area (TPSA) is 20.3 Å². The highest BCUT2D eigenvalue weighted by molar-refractivity contribution is 5.96. The lowest BCUT2D eigenvalue weighted by Gasteiger charge is -2.26. The van der Waals surface area contributed by atoms with Crippen LogP contribution in [0.15, 0.2) is 24.3 Å². The molecule has 0 aliphatic carbocycles. The number of hydrogen-bond donors (Lipinski definition) is 0. The minimum atomic E-state index is -4.46. The normalized spacial score (nSPS) is 21.1. The molecule has 17 heavy (non-hydrogen) atoms. The molecule has 92 valence electrons. The van der Waals surface area contributed by atoms with Gasteiger partial charge in [0, 0.05) is 12.1 Å². The average Bonchev–Trinajstić information content (AvgIpc) is 2.61. The summed E-state index contributed by atoms with van der Waals surface area (Å²) in [5.74, 6) is -1.14. The van der Waals surface area contributed by atoms with E-state index in [-0.39, 0.29) is 18.5 Å². The zero-order valence-electron chi connectivity index (χ0n) is 8.67. The highest BCUT2D eigenvalue weighted by Crippen LogP contribution is 2.36. The van der Waals surface area contributed by atoms with Gasteiger partial charge in [-0.25, -0.2) is 4.39 Å². The third kappa shape index (κ3) is 2.25. The Morgan fingerprint density at radius 3 is 2.29 bits per heavy atom. The Kier molecular flexibility index (Phi) is 2.81. The van der Waals surface area contributed by atoms with E-state index in [0.29, 0.717) is 4.90 Å². The lowest BCUT2D eigenvalue weighted by molar-refractivity contribution is -0.148. The van der Waals surface area contributed by atoms with Crippen molar-refractivity contribution in [2.75, 3.05) is 4.90 Å². The van der Waals surface area contributed by atoms with Gasteiger partial charge in [0.05, 0.1) is 0 Å². The van der Waals surface area contributed by atoms with Crippen molar-refractivity contribution >= 4 is 11.6 Å². The maximum atomic E-state index is 12.7. The van der Waals surface area contributed by atoms with E-state index in [9.17, 15) is 22.4 Å². The lowest BCUT2D eigenvalue weighted by atomic mass is 10.2. The van der Waals surface area contributed by atoms with Gasteiger partial charge in [-0.05, 0) is 30.7 Å². The quantitative estimate of drug-likeness (QED) is 0.699. The van der Waals surface area contributed by atoms with Crippen molar-refractivity contribution in [3.63, 3.8) is 0 Å². The second kappa shape index (κ2) is 4.01. The minimum absolute atomic E-state index is 0.0798. The summed E-state index contributed by atoms with van der Waals surface area (Å²) in [6, 6.07) is 2.62. The Bertz CT molecular complexity index is 426. The van der Waals surface area contributed by atoms with Crippen molar-refractivity contribution in [3.8, 4) is 0 Å². The Morgan fingerprint density at radius 2 is 1.76 bits per heavy atom. The first-order valence-electron chi connectivity index (χ1n) is 5.04. The molecule has 0 saturated carbocycles. The number of carbonyl (C=O) groups excluding carboxylic acids is 1. The van der Waals surface area contributed by atoms with E-state index < -0.39 is 23.9 Å². The van der Waals surface area contributed by atoms with Crippen LogP contribution in [0.1, 0.15) is 12.8 Å². The molecule has 0 aromatic heterocycles. The largest absolute Gasteiger partial charge is 0.409 e. The number of anilines is 1. The SMILES string of the molecule is O=C1CCC(C(F)(F)F)N1c1ccc(F)cc1. The van der Waals surface area contributed by atoms with Crippen LogP contribution in [0.2, 0.25) is 0 Å². The third-order valence-corrected chi connectivity index (χ3v) is 2.69. The van der Waals surface area contributed by atoms with Crippen molar-refractivity contribution in [3.05, 3.63) is 30.1 Å². The highest BCUT2D eigenvalue weighted by Gasteiger charge is 2.49. The van der Waals surface area contributed by atoms with Gasteiger partial charge < -0.3 is 4.90 Å². The molecule has 1 atom stereocenters. The Hall–Kier alpha value is -1.59. The lowest BCUT2D eigenvalue weighted by Crippen LogP contribution is -2.43. The van der Waals surface area contributed by atoms with Crippen molar-refractivity contribution in [2.45, 2.75) is 25.1 Å². The van der Waals surface area contributed by atoms with Crippen molar-refractivity contribution in [2.24, 2.45) is 0 Å². The molecule has 1 fully saturated rings. The summed E-state index contributed by atoms with van der Waals surface area (Å²) in [6.07, 6.45) is -4.85. The summed E-state index contributed by atoms with van der Waals surface area (Å²) in [6.45, 7) is 0. The summed E-state index contributed by atoms with van der Waals surface area (Å²) in [5.41, 5.74) is 0.0798. The molecule has 2 nitrogen and oxygen atoms in total. The summed E-state index contributed by atoms with van der Waals surface area (Å²) < 4.78 is 50.7. The molecule has 1 aliphatic rings. The molecule has 1 amide bonds. The standard InChI is InChI=1S/C11H9F4NO/c12-7-1-3-8(4-2-7)16-9(11(13,14)15)5-6-10(16)17/h1-4,9H,5-6H2. The Morgan fingerprint density at radius 1 is 1.18 bits per heavy atom. The van der Waals surface area contributed by atoms with E-state index in [1.54, 1.807) is 0 Å². The molecule has 0 N–H and O–H groups in total. The van der Waals surface area contributed by atoms with Crippen LogP contribution in [-0.4, -0.2) is 18.1 Å². The monoisotopic (exact) mass is 247 g/mol. The number of hydrogen-bond acceptors (Lipinski definition) is 1. The van der Waals surface area contributed by atoms with Crippen LogP contribution >= 0.6 is 0 Å². The van der Waals surface area contributed by atoms with Gasteiger partial charge in [0.15, 0.2) is 0 Å². The van der Waals surface area contributed by atoms with Gasteiger partial charge in [-0.2, -0.15) is 13.2 Å². The molecule has 0 radical (unpaired) electrons. The summed E-state index contributed by atoms with van der Waals surface area (Å²) in [4.78, 5) is 12.1. The number of alkyl halides is 3. The molecule has 1 heterocycles. The first-order valence-corrected chi connectivity index (χ1v) is 5.04. The molecule has 0 spiro atoms. The fourth-order valence-electron chi connectivity index (χ4n) is 1.92. The van der Waals surface area contributed by atoms with Crippen LogP contribution in [0.5, 0.6) is 0 Å². The molecular formula is C11H9F4NO. The van der Waals surface area contributed by atoms with Crippen LogP contribution in [0, 0.1) is 5.82 Å². The maximum absolute atomic E-state index is 12.7.